The molecule has 2 atom stereocenters. The summed E-state index contributed by atoms with van der Waals surface area (Å²) in [6.07, 6.45) is 5.43. The zero-order chi connectivity index (χ0) is 34.5. The summed E-state index contributed by atoms with van der Waals surface area (Å²) in [7, 11) is 0. The molecule has 2 fully saturated rings. The van der Waals surface area contributed by atoms with Gasteiger partial charge in [0.25, 0.3) is 0 Å². The number of carbonyl (C=O) groups excluding carboxylic acids is 2. The quantitative estimate of drug-likeness (QED) is 0.187. The smallest absolute Gasteiger partial charge is 0.141 e. The topological polar surface area (TPSA) is 54.4 Å². The van der Waals surface area contributed by atoms with Gasteiger partial charge in [0.1, 0.15) is 17.3 Å². The molecule has 0 saturated heterocycles. The third-order valence-electron chi connectivity index (χ3n) is 9.11. The van der Waals surface area contributed by atoms with Gasteiger partial charge in [0.15, 0.2) is 0 Å². The van der Waals surface area contributed by atoms with E-state index in [0.29, 0.717) is 29.2 Å². The molecule has 0 heterocycles. The molecule has 3 aliphatic carbocycles. The van der Waals surface area contributed by atoms with Crippen molar-refractivity contribution in [2.75, 3.05) is 0 Å². The van der Waals surface area contributed by atoms with Crippen LogP contribution >= 0.6 is 0 Å². The van der Waals surface area contributed by atoms with Gasteiger partial charge in [-0.3, -0.25) is 9.59 Å². The van der Waals surface area contributed by atoms with Crippen LogP contribution in [0, 0.1) is 22.7 Å². The molecule has 46 heavy (non-hydrogen) atoms. The Kier molecular flexibility index (Phi) is 14.9. The van der Waals surface area contributed by atoms with Gasteiger partial charge in [-0.1, -0.05) is 154 Å². The van der Waals surface area contributed by atoms with Crippen molar-refractivity contribution in [1.82, 2.24) is 0 Å². The summed E-state index contributed by atoms with van der Waals surface area (Å²) in [5.41, 5.74) is 5.72. The van der Waals surface area contributed by atoms with Crippen LogP contribution in [0.25, 0.3) is 21.9 Å². The van der Waals surface area contributed by atoms with E-state index in [4.69, 9.17) is 0 Å². The predicted octanol–water partition coefficient (Wildman–Crippen LogP) is 11.9. The third kappa shape index (κ3) is 9.89. The Labute approximate surface area is 279 Å². The highest BCUT2D eigenvalue weighted by Crippen LogP contribution is 2.38. The molecule has 0 amide bonds. The molecule has 3 aliphatic rings. The van der Waals surface area contributed by atoms with Gasteiger partial charge < -0.3 is 5.11 Å². The van der Waals surface area contributed by atoms with Gasteiger partial charge in [0, 0.05) is 28.1 Å². The first kappa shape index (κ1) is 38.5. The number of hydrogen-bond acceptors (Lipinski definition) is 3. The molecule has 0 bridgehead atoms. The second-order valence-electron chi connectivity index (χ2n) is 13.4. The molecule has 3 nitrogen and oxygen atoms in total. The Morgan fingerprint density at radius 2 is 0.957 bits per heavy atom. The Hall–Kier alpha value is -3.72. The first-order valence-electron chi connectivity index (χ1n) is 17.3. The van der Waals surface area contributed by atoms with E-state index in [2.05, 4.69) is 48.5 Å². The number of ketones is 2. The van der Waals surface area contributed by atoms with Gasteiger partial charge in [0.2, 0.25) is 0 Å². The highest BCUT2D eigenvalue weighted by Gasteiger charge is 2.38. The number of fused-ring (bicyclic) bond motifs is 4. The van der Waals surface area contributed by atoms with Crippen molar-refractivity contribution in [3.05, 3.63) is 102 Å². The fourth-order valence-corrected chi connectivity index (χ4v) is 6.29. The first-order valence-corrected chi connectivity index (χ1v) is 17.3. The van der Waals surface area contributed by atoms with E-state index in [9.17, 15) is 14.7 Å². The molecule has 0 spiro atoms. The van der Waals surface area contributed by atoms with Crippen molar-refractivity contribution in [1.29, 1.82) is 0 Å². The maximum absolute atomic E-state index is 11.2. The number of hydrogen-bond donors (Lipinski definition) is 1. The lowest BCUT2D eigenvalue weighted by Gasteiger charge is -2.13. The number of Topliss-reactive ketones (excluding diaryl/α,β-unsaturated/α-hetero) is 2. The van der Waals surface area contributed by atoms with Crippen molar-refractivity contribution in [2.45, 2.75) is 101 Å². The second kappa shape index (κ2) is 17.8. The van der Waals surface area contributed by atoms with Gasteiger partial charge in [-0.2, -0.15) is 0 Å². The van der Waals surface area contributed by atoms with E-state index in [1.807, 2.05) is 106 Å². The first-order chi connectivity index (χ1) is 21.9. The van der Waals surface area contributed by atoms with Crippen LogP contribution in [0.15, 0.2) is 91.0 Å². The molecular weight excluding hydrogens is 564 g/mol. The lowest BCUT2D eigenvalue weighted by atomic mass is 9.89. The van der Waals surface area contributed by atoms with E-state index in [1.165, 1.54) is 22.3 Å². The zero-order valence-electron chi connectivity index (χ0n) is 30.1. The number of carbonyl (C=O) groups is 2. The summed E-state index contributed by atoms with van der Waals surface area (Å²) in [5.74, 6) is 1.88. The molecule has 3 heteroatoms. The van der Waals surface area contributed by atoms with Crippen LogP contribution in [-0.2, 0) is 16.0 Å². The van der Waals surface area contributed by atoms with E-state index >= 15 is 0 Å². The van der Waals surface area contributed by atoms with Crippen molar-refractivity contribution >= 4 is 22.3 Å². The Morgan fingerprint density at radius 1 is 0.565 bits per heavy atom. The molecule has 1 N–H and O–H groups in total. The average Bonchev–Trinajstić information content (AvgIpc) is 3.66. The highest BCUT2D eigenvalue weighted by atomic mass is 16.3. The normalized spacial score (nSPS) is 19.2. The minimum atomic E-state index is -0.0145. The van der Waals surface area contributed by atoms with Gasteiger partial charge in [-0.15, -0.1) is 0 Å². The summed E-state index contributed by atoms with van der Waals surface area (Å²) >= 11 is 0. The van der Waals surface area contributed by atoms with E-state index < -0.39 is 0 Å². The summed E-state index contributed by atoms with van der Waals surface area (Å²) in [4.78, 5) is 22.5. The molecule has 0 aliphatic heterocycles. The summed E-state index contributed by atoms with van der Waals surface area (Å²) in [6, 6.07) is 30.6. The Bertz CT molecular complexity index is 1460. The van der Waals surface area contributed by atoms with Gasteiger partial charge in [-0.25, -0.2) is 0 Å². The second-order valence-corrected chi connectivity index (χ2v) is 13.4. The Morgan fingerprint density at radius 3 is 1.33 bits per heavy atom. The van der Waals surface area contributed by atoms with Crippen molar-refractivity contribution in [3.8, 4) is 16.9 Å². The minimum Gasteiger partial charge on any atom is -0.507 e. The minimum absolute atomic E-state index is 0.0145. The molecule has 0 aromatic heterocycles. The van der Waals surface area contributed by atoms with Gasteiger partial charge in [-0.05, 0) is 65.8 Å². The van der Waals surface area contributed by atoms with Crippen LogP contribution in [0.4, 0.5) is 0 Å². The number of benzene rings is 4. The maximum atomic E-state index is 11.2. The van der Waals surface area contributed by atoms with Crippen molar-refractivity contribution in [3.63, 3.8) is 0 Å². The SMILES string of the molecule is CC.CC.CC1CCC(C)(C)C1=O.CC1CCC(C)(C)C1=O.Oc1cccc2ccccc12.c1ccc2c(c1)Cc1ccccc1-2. The fraction of sp³-hybridized carbons (Fsp3) is 0.442. The van der Waals surface area contributed by atoms with E-state index in [-0.39, 0.29) is 10.8 Å². The molecule has 4 aromatic carbocycles. The molecule has 4 aromatic rings. The maximum Gasteiger partial charge on any atom is 0.141 e. The highest BCUT2D eigenvalue weighted by molar-refractivity contribution is 5.89. The number of aromatic hydroxyl groups is 1. The van der Waals surface area contributed by atoms with Crippen LogP contribution < -0.4 is 0 Å². The van der Waals surface area contributed by atoms with E-state index in [1.54, 1.807) is 6.07 Å². The molecule has 7 rings (SSSR count). The summed E-state index contributed by atoms with van der Waals surface area (Å²) < 4.78 is 0. The van der Waals surface area contributed by atoms with Crippen LogP contribution in [0.5, 0.6) is 5.75 Å². The average molecular weight is 623 g/mol. The molecule has 0 radical (unpaired) electrons. The lowest BCUT2D eigenvalue weighted by molar-refractivity contribution is -0.127. The molecule has 2 saturated carbocycles. The zero-order valence-corrected chi connectivity index (χ0v) is 30.1. The van der Waals surface area contributed by atoms with Gasteiger partial charge >= 0.3 is 0 Å². The summed E-state index contributed by atoms with van der Waals surface area (Å²) in [5, 5.41) is 11.4. The van der Waals surface area contributed by atoms with E-state index in [0.717, 1.165) is 42.9 Å². The monoisotopic (exact) mass is 622 g/mol. The van der Waals surface area contributed by atoms with Gasteiger partial charge in [0.05, 0.1) is 0 Å². The van der Waals surface area contributed by atoms with Crippen LogP contribution in [-0.4, -0.2) is 16.7 Å². The predicted molar refractivity (Wildman–Crippen MR) is 197 cm³/mol. The molecular formula is C43H58O3. The van der Waals surface area contributed by atoms with Crippen LogP contribution in [0.1, 0.15) is 106 Å². The lowest BCUT2D eigenvalue weighted by Crippen LogP contribution is -2.19. The number of phenolic OH excluding ortho intramolecular Hbond substituents is 1. The van der Waals surface area contributed by atoms with Crippen LogP contribution in [0.2, 0.25) is 0 Å². The van der Waals surface area contributed by atoms with Crippen molar-refractivity contribution < 1.29 is 14.7 Å². The standard InChI is InChI=1S/C13H10.C10H8O.2C8H14O.2C2H6/c1-3-7-12-10(5-1)9-11-6-2-4-8-13(11)12;11-10-7-3-5-8-4-1-2-6-9(8)10;2*1-6-4-5-8(2,3)7(6)9;2*1-2/h1-8H,9H2;1-7,11H;2*6H,4-5H2,1-3H3;2*1-2H3. The fourth-order valence-electron chi connectivity index (χ4n) is 6.29. The molecule has 2 unspecified atom stereocenters. The molecule has 248 valence electrons. The Balaban J connectivity index is 0.000000208. The van der Waals surface area contributed by atoms with Crippen molar-refractivity contribution in [2.24, 2.45) is 22.7 Å². The van der Waals surface area contributed by atoms with Crippen LogP contribution in [0.3, 0.4) is 0 Å². The third-order valence-corrected chi connectivity index (χ3v) is 9.11. The number of phenols is 1. The number of rotatable bonds is 0. The summed E-state index contributed by atoms with van der Waals surface area (Å²) in [6.45, 7) is 20.2. The largest absolute Gasteiger partial charge is 0.507 e.